The molecule has 0 rings (SSSR count). The van der Waals surface area contributed by atoms with Crippen LogP contribution in [-0.4, -0.2) is 37.1 Å². The van der Waals surface area contributed by atoms with Crippen LogP contribution in [0.5, 0.6) is 0 Å². The Hall–Kier alpha value is -0.560. The summed E-state index contributed by atoms with van der Waals surface area (Å²) in [6.07, 6.45) is 5.19. The van der Waals surface area contributed by atoms with E-state index < -0.39 is 5.60 Å². The van der Waals surface area contributed by atoms with Gasteiger partial charge in [-0.25, -0.2) is 0 Å². The van der Waals surface area contributed by atoms with Gasteiger partial charge in [-0.2, -0.15) is 0 Å². The highest BCUT2D eigenvalue weighted by molar-refractivity contribution is 5.02. The minimum absolute atomic E-state index is 0.0402. The highest BCUT2D eigenvalue weighted by Crippen LogP contribution is 2.05. The molecule has 0 saturated heterocycles. The first-order chi connectivity index (χ1) is 5.62. The molecule has 3 heteroatoms. The van der Waals surface area contributed by atoms with Crippen LogP contribution in [0.3, 0.4) is 0 Å². The largest absolute Gasteiger partial charge is 0.394 e. The number of terminal acetylenes is 1. The van der Waals surface area contributed by atoms with Crippen molar-refractivity contribution >= 4 is 0 Å². The van der Waals surface area contributed by atoms with Crippen molar-refractivity contribution in [1.29, 1.82) is 0 Å². The van der Waals surface area contributed by atoms with E-state index in [9.17, 15) is 0 Å². The number of ether oxygens (including phenoxy) is 2. The Bertz CT molecular complexity index is 146. The molecule has 0 aromatic carbocycles. The molecule has 0 saturated carbocycles. The van der Waals surface area contributed by atoms with E-state index in [1.165, 1.54) is 0 Å². The van der Waals surface area contributed by atoms with Crippen molar-refractivity contribution in [3.63, 3.8) is 0 Å². The average Bonchev–Trinajstić information content (AvgIpc) is 2.04. The third-order valence-corrected chi connectivity index (χ3v) is 1.27. The lowest BCUT2D eigenvalue weighted by atomic mass is 10.1. The maximum absolute atomic E-state index is 8.37. The van der Waals surface area contributed by atoms with Crippen LogP contribution in [-0.2, 0) is 9.47 Å². The fraction of sp³-hybridized carbons (Fsp3) is 0.778. The normalized spacial score (nSPS) is 11.2. The lowest BCUT2D eigenvalue weighted by Gasteiger charge is -2.18. The first kappa shape index (κ1) is 11.4. The van der Waals surface area contributed by atoms with Crippen LogP contribution in [0, 0.1) is 12.3 Å². The molecule has 0 bridgehead atoms. The van der Waals surface area contributed by atoms with E-state index in [0.717, 1.165) is 0 Å². The second-order valence-electron chi connectivity index (χ2n) is 2.84. The average molecular weight is 172 g/mol. The van der Waals surface area contributed by atoms with Gasteiger partial charge in [-0.3, -0.25) is 0 Å². The first-order valence-corrected chi connectivity index (χ1v) is 3.93. The number of hydrogen-bond acceptors (Lipinski definition) is 3. The van der Waals surface area contributed by atoms with Crippen molar-refractivity contribution in [3.05, 3.63) is 0 Å². The van der Waals surface area contributed by atoms with Gasteiger partial charge in [-0.05, 0) is 13.8 Å². The lowest BCUT2D eigenvalue weighted by Crippen LogP contribution is -2.24. The fourth-order valence-electron chi connectivity index (χ4n) is 0.564. The van der Waals surface area contributed by atoms with Crippen LogP contribution in [0.4, 0.5) is 0 Å². The van der Waals surface area contributed by atoms with Gasteiger partial charge in [0.1, 0.15) is 5.60 Å². The van der Waals surface area contributed by atoms with Crippen molar-refractivity contribution in [2.45, 2.75) is 19.4 Å². The number of aliphatic hydroxyl groups excluding tert-OH is 1. The standard InChI is InChI=1S/C9H16O3/c1-4-9(2,3)12-8-7-11-6-5-10/h1,10H,5-8H2,2-3H3. The van der Waals surface area contributed by atoms with E-state index in [2.05, 4.69) is 5.92 Å². The molecule has 0 radical (unpaired) electrons. The zero-order chi connectivity index (χ0) is 9.45. The molecule has 70 valence electrons. The zero-order valence-corrected chi connectivity index (χ0v) is 7.67. The fourth-order valence-corrected chi connectivity index (χ4v) is 0.564. The van der Waals surface area contributed by atoms with E-state index in [1.807, 2.05) is 13.8 Å². The Morgan fingerprint density at radius 1 is 1.33 bits per heavy atom. The topological polar surface area (TPSA) is 38.7 Å². The second kappa shape index (κ2) is 6.01. The molecule has 0 atom stereocenters. The van der Waals surface area contributed by atoms with E-state index in [0.29, 0.717) is 19.8 Å². The highest BCUT2D eigenvalue weighted by Gasteiger charge is 2.12. The first-order valence-electron chi connectivity index (χ1n) is 3.93. The van der Waals surface area contributed by atoms with E-state index >= 15 is 0 Å². The SMILES string of the molecule is C#CC(C)(C)OCCOCCO. The number of hydrogen-bond donors (Lipinski definition) is 1. The van der Waals surface area contributed by atoms with Crippen molar-refractivity contribution in [2.24, 2.45) is 0 Å². The van der Waals surface area contributed by atoms with Crippen LogP contribution < -0.4 is 0 Å². The zero-order valence-electron chi connectivity index (χ0n) is 7.67. The van der Waals surface area contributed by atoms with Crippen LogP contribution in [0.2, 0.25) is 0 Å². The van der Waals surface area contributed by atoms with Crippen molar-refractivity contribution in [3.8, 4) is 12.3 Å². The molecule has 0 unspecified atom stereocenters. The van der Waals surface area contributed by atoms with Gasteiger partial charge < -0.3 is 14.6 Å². The Balaban J connectivity index is 3.27. The Labute approximate surface area is 73.7 Å². The maximum atomic E-state index is 8.37. The van der Waals surface area contributed by atoms with Crippen LogP contribution in [0.1, 0.15) is 13.8 Å². The highest BCUT2D eigenvalue weighted by atomic mass is 16.5. The van der Waals surface area contributed by atoms with Gasteiger partial charge in [-0.1, -0.05) is 5.92 Å². The Morgan fingerprint density at radius 3 is 2.50 bits per heavy atom. The summed E-state index contributed by atoms with van der Waals surface area (Å²) >= 11 is 0. The van der Waals surface area contributed by atoms with Gasteiger partial charge in [0.05, 0.1) is 26.4 Å². The van der Waals surface area contributed by atoms with Crippen molar-refractivity contribution in [2.75, 3.05) is 26.4 Å². The minimum Gasteiger partial charge on any atom is -0.394 e. The molecule has 12 heavy (non-hydrogen) atoms. The van der Waals surface area contributed by atoms with E-state index in [-0.39, 0.29) is 6.61 Å². The van der Waals surface area contributed by atoms with E-state index in [1.54, 1.807) is 0 Å². The van der Waals surface area contributed by atoms with Crippen LogP contribution in [0.25, 0.3) is 0 Å². The predicted molar refractivity (Wildman–Crippen MR) is 46.8 cm³/mol. The predicted octanol–water partition coefficient (Wildman–Crippen LogP) is 0.424. The van der Waals surface area contributed by atoms with Gasteiger partial charge in [0.25, 0.3) is 0 Å². The molecule has 0 aliphatic heterocycles. The number of rotatable bonds is 6. The van der Waals surface area contributed by atoms with Gasteiger partial charge in [0.2, 0.25) is 0 Å². The summed E-state index contributed by atoms with van der Waals surface area (Å²) in [6.45, 7) is 4.94. The Morgan fingerprint density at radius 2 is 2.00 bits per heavy atom. The second-order valence-corrected chi connectivity index (χ2v) is 2.84. The maximum Gasteiger partial charge on any atom is 0.122 e. The molecule has 0 heterocycles. The lowest BCUT2D eigenvalue weighted by molar-refractivity contribution is -0.0186. The molecule has 0 fully saturated rings. The third kappa shape index (κ3) is 6.17. The molecular formula is C9H16O3. The van der Waals surface area contributed by atoms with Crippen LogP contribution >= 0.6 is 0 Å². The summed E-state index contributed by atoms with van der Waals surface area (Å²) in [5.41, 5.74) is -0.525. The Kier molecular flexibility index (Phi) is 5.73. The quantitative estimate of drug-likeness (QED) is 0.466. The molecule has 0 spiro atoms. The molecule has 0 aromatic rings. The molecule has 3 nitrogen and oxygen atoms in total. The van der Waals surface area contributed by atoms with E-state index in [4.69, 9.17) is 21.0 Å². The molecule has 0 aliphatic carbocycles. The van der Waals surface area contributed by atoms with Crippen molar-refractivity contribution < 1.29 is 14.6 Å². The third-order valence-electron chi connectivity index (χ3n) is 1.27. The van der Waals surface area contributed by atoms with Gasteiger partial charge in [-0.15, -0.1) is 6.42 Å². The molecule has 0 amide bonds. The van der Waals surface area contributed by atoms with Gasteiger partial charge in [0, 0.05) is 0 Å². The molecule has 1 N–H and O–H groups in total. The van der Waals surface area contributed by atoms with Crippen LogP contribution in [0.15, 0.2) is 0 Å². The van der Waals surface area contributed by atoms with Gasteiger partial charge >= 0.3 is 0 Å². The minimum atomic E-state index is -0.525. The van der Waals surface area contributed by atoms with Gasteiger partial charge in [0.15, 0.2) is 0 Å². The molecule has 0 aromatic heterocycles. The summed E-state index contributed by atoms with van der Waals surface area (Å²) < 4.78 is 10.3. The summed E-state index contributed by atoms with van der Waals surface area (Å²) in [5.74, 6) is 2.51. The smallest absolute Gasteiger partial charge is 0.122 e. The summed E-state index contributed by atoms with van der Waals surface area (Å²) in [4.78, 5) is 0. The molecular weight excluding hydrogens is 156 g/mol. The molecule has 0 aliphatic rings. The summed E-state index contributed by atoms with van der Waals surface area (Å²) in [7, 11) is 0. The summed E-state index contributed by atoms with van der Waals surface area (Å²) in [6, 6.07) is 0. The monoisotopic (exact) mass is 172 g/mol. The summed E-state index contributed by atoms with van der Waals surface area (Å²) in [5, 5.41) is 8.37. The number of aliphatic hydroxyl groups is 1. The van der Waals surface area contributed by atoms with Crippen molar-refractivity contribution in [1.82, 2.24) is 0 Å².